The lowest BCUT2D eigenvalue weighted by Gasteiger charge is -1.94. The van der Waals surface area contributed by atoms with Crippen molar-refractivity contribution in [1.29, 1.82) is 0 Å². The van der Waals surface area contributed by atoms with Gasteiger partial charge in [-0.3, -0.25) is 14.8 Å². The van der Waals surface area contributed by atoms with Crippen molar-refractivity contribution in [2.75, 3.05) is 0 Å². The molecule has 0 saturated heterocycles. The Morgan fingerprint density at radius 2 is 2.45 bits per heavy atom. The lowest BCUT2D eigenvalue weighted by atomic mass is 10.5. The van der Waals surface area contributed by atoms with E-state index in [9.17, 15) is 4.79 Å². The molecule has 0 bridgehead atoms. The molecule has 0 saturated carbocycles. The van der Waals surface area contributed by atoms with Crippen LogP contribution in [-0.2, 0) is 10.5 Å². The first-order valence-electron chi connectivity index (χ1n) is 3.17. The molecule has 1 aromatic heterocycles. The summed E-state index contributed by atoms with van der Waals surface area (Å²) in [5.74, 6) is 0.614. The van der Waals surface area contributed by atoms with E-state index in [4.69, 9.17) is 0 Å². The van der Waals surface area contributed by atoms with Gasteiger partial charge in [-0.2, -0.15) is 0 Å². The maximum atomic E-state index is 10.5. The number of rotatable bonds is 2. The van der Waals surface area contributed by atoms with Crippen molar-refractivity contribution >= 4 is 16.9 Å². The maximum Gasteiger partial charge on any atom is 0.186 e. The van der Waals surface area contributed by atoms with E-state index in [1.54, 1.807) is 25.5 Å². The van der Waals surface area contributed by atoms with Crippen LogP contribution in [-0.4, -0.2) is 15.1 Å². The Morgan fingerprint density at radius 3 is 3.00 bits per heavy atom. The Balaban J connectivity index is 2.45. The highest BCUT2D eigenvalue weighted by molar-refractivity contribution is 8.12. The van der Waals surface area contributed by atoms with E-state index in [2.05, 4.69) is 9.97 Å². The summed E-state index contributed by atoms with van der Waals surface area (Å²) < 4.78 is 0. The van der Waals surface area contributed by atoms with Gasteiger partial charge in [0.2, 0.25) is 0 Å². The second-order valence-electron chi connectivity index (χ2n) is 1.98. The number of aromatic nitrogens is 2. The normalized spacial score (nSPS) is 9.55. The molecule has 0 fully saturated rings. The molecular weight excluding hydrogens is 160 g/mol. The summed E-state index contributed by atoms with van der Waals surface area (Å²) in [5, 5.41) is 0.107. The summed E-state index contributed by atoms with van der Waals surface area (Å²) in [4.78, 5) is 18.4. The highest BCUT2D eigenvalue weighted by Gasteiger charge is 1.96. The first kappa shape index (κ1) is 8.20. The molecular formula is C7H8N2OS. The molecule has 1 aromatic rings. The zero-order chi connectivity index (χ0) is 8.10. The summed E-state index contributed by atoms with van der Waals surface area (Å²) >= 11 is 1.24. The molecule has 0 N–H and O–H groups in total. The molecule has 0 aliphatic heterocycles. The van der Waals surface area contributed by atoms with E-state index in [1.807, 2.05) is 0 Å². The monoisotopic (exact) mass is 168 g/mol. The third kappa shape index (κ3) is 3.13. The largest absolute Gasteiger partial charge is 0.288 e. The van der Waals surface area contributed by atoms with Crippen LogP contribution in [0.2, 0.25) is 0 Å². The van der Waals surface area contributed by atoms with E-state index in [0.29, 0.717) is 5.75 Å². The maximum absolute atomic E-state index is 10.5. The smallest absolute Gasteiger partial charge is 0.186 e. The number of thioether (sulfide) groups is 1. The standard InChI is InChI=1S/C7H8N2OS/c1-6(10)11-5-7-4-8-2-3-9-7/h2-4H,5H2,1H3. The summed E-state index contributed by atoms with van der Waals surface area (Å²) in [7, 11) is 0. The molecule has 0 unspecified atom stereocenters. The van der Waals surface area contributed by atoms with Crippen molar-refractivity contribution in [2.24, 2.45) is 0 Å². The van der Waals surface area contributed by atoms with Crippen LogP contribution in [0.5, 0.6) is 0 Å². The molecule has 0 aromatic carbocycles. The summed E-state index contributed by atoms with van der Waals surface area (Å²) in [6, 6.07) is 0. The molecule has 11 heavy (non-hydrogen) atoms. The molecule has 0 spiro atoms. The first-order chi connectivity index (χ1) is 5.29. The second-order valence-corrected chi connectivity index (χ2v) is 3.13. The lowest BCUT2D eigenvalue weighted by molar-refractivity contribution is -0.109. The molecule has 1 rings (SSSR count). The van der Waals surface area contributed by atoms with Gasteiger partial charge in [-0.25, -0.2) is 0 Å². The van der Waals surface area contributed by atoms with Gasteiger partial charge < -0.3 is 0 Å². The Bertz CT molecular complexity index is 237. The quantitative estimate of drug-likeness (QED) is 0.666. The van der Waals surface area contributed by atoms with E-state index in [1.165, 1.54) is 11.8 Å². The Kier molecular flexibility index (Phi) is 3.04. The van der Waals surface area contributed by atoms with Gasteiger partial charge in [-0.15, -0.1) is 0 Å². The van der Waals surface area contributed by atoms with E-state index < -0.39 is 0 Å². The molecule has 0 aliphatic carbocycles. The minimum atomic E-state index is 0.107. The van der Waals surface area contributed by atoms with Gasteiger partial charge in [0.15, 0.2) is 5.12 Å². The molecule has 0 radical (unpaired) electrons. The Morgan fingerprint density at radius 1 is 1.64 bits per heavy atom. The third-order valence-corrected chi connectivity index (χ3v) is 1.89. The van der Waals surface area contributed by atoms with Crippen LogP contribution in [0, 0.1) is 0 Å². The topological polar surface area (TPSA) is 42.9 Å². The van der Waals surface area contributed by atoms with Crippen LogP contribution in [0.25, 0.3) is 0 Å². The molecule has 1 heterocycles. The van der Waals surface area contributed by atoms with Crippen LogP contribution in [0.1, 0.15) is 12.6 Å². The van der Waals surface area contributed by atoms with Crippen molar-refractivity contribution in [3.63, 3.8) is 0 Å². The number of carbonyl (C=O) groups excluding carboxylic acids is 1. The van der Waals surface area contributed by atoms with Gasteiger partial charge in [-0.1, -0.05) is 11.8 Å². The van der Waals surface area contributed by atoms with Gasteiger partial charge in [0, 0.05) is 31.3 Å². The fourth-order valence-electron chi connectivity index (χ4n) is 0.580. The van der Waals surface area contributed by atoms with E-state index in [-0.39, 0.29) is 5.12 Å². The second kappa shape index (κ2) is 4.08. The minimum absolute atomic E-state index is 0.107. The molecule has 3 nitrogen and oxygen atoms in total. The molecule has 4 heteroatoms. The van der Waals surface area contributed by atoms with Crippen molar-refractivity contribution in [3.8, 4) is 0 Å². The number of nitrogens with zero attached hydrogens (tertiary/aromatic N) is 2. The fraction of sp³-hybridized carbons (Fsp3) is 0.286. The number of hydrogen-bond donors (Lipinski definition) is 0. The van der Waals surface area contributed by atoms with Crippen LogP contribution >= 0.6 is 11.8 Å². The van der Waals surface area contributed by atoms with Gasteiger partial charge in [0.25, 0.3) is 0 Å². The van der Waals surface area contributed by atoms with Crippen molar-refractivity contribution in [2.45, 2.75) is 12.7 Å². The van der Waals surface area contributed by atoms with Crippen LogP contribution in [0.3, 0.4) is 0 Å². The van der Waals surface area contributed by atoms with Gasteiger partial charge in [-0.05, 0) is 0 Å². The van der Waals surface area contributed by atoms with Gasteiger partial charge in [0.1, 0.15) is 0 Å². The average Bonchev–Trinajstić information content (AvgIpc) is 2.03. The van der Waals surface area contributed by atoms with E-state index >= 15 is 0 Å². The van der Waals surface area contributed by atoms with Crippen LogP contribution in [0.15, 0.2) is 18.6 Å². The predicted molar refractivity (Wildman–Crippen MR) is 44.0 cm³/mol. The zero-order valence-electron chi connectivity index (χ0n) is 6.15. The number of hydrogen-bond acceptors (Lipinski definition) is 4. The molecule has 0 amide bonds. The molecule has 0 aliphatic rings. The van der Waals surface area contributed by atoms with E-state index in [0.717, 1.165) is 5.69 Å². The molecule has 0 atom stereocenters. The van der Waals surface area contributed by atoms with Crippen molar-refractivity contribution in [1.82, 2.24) is 9.97 Å². The summed E-state index contributed by atoms with van der Waals surface area (Å²) in [6.07, 6.45) is 4.90. The predicted octanol–water partition coefficient (Wildman–Crippen LogP) is 1.26. The fourth-order valence-corrected chi connectivity index (χ4v) is 1.08. The van der Waals surface area contributed by atoms with Crippen LogP contribution < -0.4 is 0 Å². The summed E-state index contributed by atoms with van der Waals surface area (Å²) in [5.41, 5.74) is 0.840. The first-order valence-corrected chi connectivity index (χ1v) is 4.16. The third-order valence-electron chi connectivity index (χ3n) is 1.04. The Hall–Kier alpha value is -0.900. The molecule has 58 valence electrons. The van der Waals surface area contributed by atoms with Crippen molar-refractivity contribution in [3.05, 3.63) is 24.3 Å². The average molecular weight is 168 g/mol. The van der Waals surface area contributed by atoms with Crippen molar-refractivity contribution < 1.29 is 4.79 Å². The highest BCUT2D eigenvalue weighted by atomic mass is 32.2. The minimum Gasteiger partial charge on any atom is -0.288 e. The highest BCUT2D eigenvalue weighted by Crippen LogP contribution is 2.08. The van der Waals surface area contributed by atoms with Crippen LogP contribution in [0.4, 0.5) is 0 Å². The summed E-state index contributed by atoms with van der Waals surface area (Å²) in [6.45, 7) is 1.54. The van der Waals surface area contributed by atoms with Gasteiger partial charge in [0.05, 0.1) is 5.69 Å². The SMILES string of the molecule is CC(=O)SCc1cnccn1. The zero-order valence-corrected chi connectivity index (χ0v) is 6.97. The number of carbonyl (C=O) groups is 1. The van der Waals surface area contributed by atoms with Gasteiger partial charge >= 0.3 is 0 Å². The Labute approximate surface area is 69.3 Å². The lowest BCUT2D eigenvalue weighted by Crippen LogP contribution is -1.89.